The number of aromatic nitrogens is 1. The Labute approximate surface area is 176 Å². The van der Waals surface area contributed by atoms with Crippen molar-refractivity contribution in [1.82, 2.24) is 9.47 Å². The maximum Gasteiger partial charge on any atom is 0.0612 e. The molecule has 1 fully saturated rings. The lowest BCUT2D eigenvalue weighted by Crippen LogP contribution is -2.47. The first kappa shape index (κ1) is 19.6. The predicted octanol–water partition coefficient (Wildman–Crippen LogP) is 4.27. The van der Waals surface area contributed by atoms with E-state index >= 15 is 0 Å². The molecule has 28 heavy (non-hydrogen) atoms. The highest BCUT2D eigenvalue weighted by Crippen LogP contribution is 2.28. The third-order valence-electron chi connectivity index (χ3n) is 5.58. The summed E-state index contributed by atoms with van der Waals surface area (Å²) in [7, 11) is 0. The number of halogens is 2. The molecule has 1 aliphatic heterocycles. The fraction of sp³-hybridized carbons (Fsp3) is 0.364. The van der Waals surface area contributed by atoms with E-state index in [1.54, 1.807) is 0 Å². The lowest BCUT2D eigenvalue weighted by atomic mass is 10.1. The number of hydrogen-bond donors (Lipinski definition) is 1. The van der Waals surface area contributed by atoms with Gasteiger partial charge in [0.2, 0.25) is 0 Å². The largest absolute Gasteiger partial charge is 0.369 e. The van der Waals surface area contributed by atoms with E-state index < -0.39 is 0 Å². The Morgan fingerprint density at radius 2 is 1.68 bits per heavy atom. The Kier molecular flexibility index (Phi) is 6.12. The van der Waals surface area contributed by atoms with Crippen LogP contribution in [0.2, 0.25) is 10.0 Å². The van der Waals surface area contributed by atoms with Crippen molar-refractivity contribution >= 4 is 39.8 Å². The Bertz CT molecular complexity index is 945. The average Bonchev–Trinajstić information content (AvgIpc) is 3.07. The third kappa shape index (κ3) is 4.15. The number of hydrogen-bond acceptors (Lipinski definition) is 3. The van der Waals surface area contributed by atoms with Crippen molar-refractivity contribution in [2.45, 2.75) is 13.0 Å². The molecule has 0 aliphatic carbocycles. The summed E-state index contributed by atoms with van der Waals surface area (Å²) in [4.78, 5) is 4.91. The Morgan fingerprint density at radius 1 is 0.893 bits per heavy atom. The van der Waals surface area contributed by atoms with E-state index in [1.807, 2.05) is 12.1 Å². The van der Waals surface area contributed by atoms with Crippen LogP contribution in [0, 0.1) is 0 Å². The monoisotopic (exact) mass is 416 g/mol. The molecule has 0 spiro atoms. The second-order valence-electron chi connectivity index (χ2n) is 7.33. The average molecular weight is 417 g/mol. The van der Waals surface area contributed by atoms with Gasteiger partial charge in [0.15, 0.2) is 0 Å². The summed E-state index contributed by atoms with van der Waals surface area (Å²) in [6.45, 7) is 6.84. The number of rotatable bonds is 6. The fourth-order valence-corrected chi connectivity index (χ4v) is 4.32. The lowest BCUT2D eigenvalue weighted by Gasteiger charge is -2.36. The summed E-state index contributed by atoms with van der Waals surface area (Å²) in [6, 6.07) is 14.5. The van der Waals surface area contributed by atoms with Crippen molar-refractivity contribution in [1.29, 1.82) is 0 Å². The van der Waals surface area contributed by atoms with Crippen LogP contribution in [0.3, 0.4) is 0 Å². The first-order valence-electron chi connectivity index (χ1n) is 9.85. The number of nitrogens with zero attached hydrogens (tertiary/aromatic N) is 3. The Morgan fingerprint density at radius 3 is 2.43 bits per heavy atom. The zero-order chi connectivity index (χ0) is 19.5. The van der Waals surface area contributed by atoms with Crippen molar-refractivity contribution in [2.75, 3.05) is 44.2 Å². The fourth-order valence-electron chi connectivity index (χ4n) is 4.02. The molecular formula is C22H26Cl2N4. The van der Waals surface area contributed by atoms with Crippen LogP contribution in [0.1, 0.15) is 5.56 Å². The molecule has 3 aromatic rings. The summed E-state index contributed by atoms with van der Waals surface area (Å²) < 4.78 is 2.38. The van der Waals surface area contributed by atoms with Crippen LogP contribution in [0.4, 0.5) is 5.69 Å². The van der Waals surface area contributed by atoms with Crippen molar-refractivity contribution < 1.29 is 0 Å². The Balaban J connectivity index is 1.37. The molecule has 4 rings (SSSR count). The summed E-state index contributed by atoms with van der Waals surface area (Å²) in [5.74, 6) is 0. The minimum Gasteiger partial charge on any atom is -0.369 e. The lowest BCUT2D eigenvalue weighted by molar-refractivity contribution is 0.249. The van der Waals surface area contributed by atoms with Gasteiger partial charge in [0.05, 0.1) is 10.0 Å². The van der Waals surface area contributed by atoms with Gasteiger partial charge in [0, 0.05) is 62.1 Å². The highest BCUT2D eigenvalue weighted by molar-refractivity contribution is 6.42. The van der Waals surface area contributed by atoms with Gasteiger partial charge < -0.3 is 15.2 Å². The van der Waals surface area contributed by atoms with E-state index in [0.29, 0.717) is 16.6 Å². The van der Waals surface area contributed by atoms with E-state index in [0.717, 1.165) is 51.4 Å². The first-order valence-corrected chi connectivity index (χ1v) is 10.6. The van der Waals surface area contributed by atoms with E-state index in [2.05, 4.69) is 50.9 Å². The topological polar surface area (TPSA) is 37.4 Å². The van der Waals surface area contributed by atoms with Gasteiger partial charge in [-0.15, -0.1) is 0 Å². The molecule has 6 heteroatoms. The zero-order valence-electron chi connectivity index (χ0n) is 16.0. The number of benzene rings is 2. The first-order chi connectivity index (χ1) is 13.7. The van der Waals surface area contributed by atoms with Gasteiger partial charge in [-0.25, -0.2) is 0 Å². The van der Waals surface area contributed by atoms with Gasteiger partial charge in [-0.1, -0.05) is 41.4 Å². The van der Waals surface area contributed by atoms with Crippen LogP contribution >= 0.6 is 23.2 Å². The molecule has 2 heterocycles. The summed E-state index contributed by atoms with van der Waals surface area (Å²) in [6.07, 6.45) is 3.21. The van der Waals surface area contributed by atoms with Gasteiger partial charge in [-0.3, -0.25) is 4.90 Å². The number of nitrogens with two attached hydrogens (primary N) is 1. The normalized spacial score (nSPS) is 15.5. The molecule has 0 saturated carbocycles. The SMILES string of the molecule is NCCc1cn(CCN2CCN(c3ccc(Cl)c(Cl)c3)CC2)c2ccccc12. The molecule has 1 aromatic heterocycles. The standard InChI is InChI=1S/C22H26Cl2N4/c23-20-6-5-18(15-21(20)24)27-12-9-26(10-13-27)11-14-28-16-17(7-8-25)19-3-1-2-4-22(19)28/h1-6,15-16H,7-14,25H2. The Hall–Kier alpha value is -1.72. The van der Waals surface area contributed by atoms with E-state index in [1.165, 1.54) is 16.5 Å². The summed E-state index contributed by atoms with van der Waals surface area (Å²) >= 11 is 12.2. The number of piperazine rings is 1. The molecule has 0 bridgehead atoms. The van der Waals surface area contributed by atoms with Crippen LogP contribution in [0.25, 0.3) is 10.9 Å². The number of para-hydroxylation sites is 1. The molecule has 4 nitrogen and oxygen atoms in total. The molecular weight excluding hydrogens is 391 g/mol. The summed E-state index contributed by atoms with van der Waals surface area (Å²) in [5.41, 5.74) is 9.60. The van der Waals surface area contributed by atoms with Crippen molar-refractivity contribution in [3.63, 3.8) is 0 Å². The molecule has 1 saturated heterocycles. The van der Waals surface area contributed by atoms with Gasteiger partial charge >= 0.3 is 0 Å². The highest BCUT2D eigenvalue weighted by Gasteiger charge is 2.18. The molecule has 1 aliphatic rings. The van der Waals surface area contributed by atoms with Gasteiger partial charge in [-0.05, 0) is 42.8 Å². The third-order valence-corrected chi connectivity index (χ3v) is 6.32. The molecule has 0 radical (unpaired) electrons. The smallest absolute Gasteiger partial charge is 0.0612 e. The van der Waals surface area contributed by atoms with E-state index in [-0.39, 0.29) is 0 Å². The van der Waals surface area contributed by atoms with Crippen molar-refractivity contribution in [3.8, 4) is 0 Å². The minimum atomic E-state index is 0.608. The molecule has 2 N–H and O–H groups in total. The number of anilines is 1. The molecule has 0 atom stereocenters. The van der Waals surface area contributed by atoms with Crippen LogP contribution in [-0.4, -0.2) is 48.7 Å². The molecule has 148 valence electrons. The van der Waals surface area contributed by atoms with Crippen LogP contribution in [0.15, 0.2) is 48.7 Å². The van der Waals surface area contributed by atoms with Gasteiger partial charge in [0.25, 0.3) is 0 Å². The van der Waals surface area contributed by atoms with Crippen molar-refractivity contribution in [2.24, 2.45) is 5.73 Å². The second kappa shape index (κ2) is 8.75. The maximum absolute atomic E-state index is 6.17. The quantitative estimate of drug-likeness (QED) is 0.651. The predicted molar refractivity (Wildman–Crippen MR) is 120 cm³/mol. The van der Waals surface area contributed by atoms with E-state index in [9.17, 15) is 0 Å². The minimum absolute atomic E-state index is 0.608. The van der Waals surface area contributed by atoms with Gasteiger partial charge in [-0.2, -0.15) is 0 Å². The van der Waals surface area contributed by atoms with Crippen LogP contribution in [-0.2, 0) is 13.0 Å². The highest BCUT2D eigenvalue weighted by atomic mass is 35.5. The van der Waals surface area contributed by atoms with Crippen LogP contribution < -0.4 is 10.6 Å². The molecule has 2 aromatic carbocycles. The second-order valence-corrected chi connectivity index (χ2v) is 8.15. The van der Waals surface area contributed by atoms with E-state index in [4.69, 9.17) is 28.9 Å². The summed E-state index contributed by atoms with van der Waals surface area (Å²) in [5, 5.41) is 2.56. The van der Waals surface area contributed by atoms with Crippen molar-refractivity contribution in [3.05, 3.63) is 64.3 Å². The number of fused-ring (bicyclic) bond motifs is 1. The van der Waals surface area contributed by atoms with Gasteiger partial charge in [0.1, 0.15) is 0 Å². The zero-order valence-corrected chi connectivity index (χ0v) is 17.5. The maximum atomic E-state index is 6.17. The molecule has 0 amide bonds. The molecule has 0 unspecified atom stereocenters. The van der Waals surface area contributed by atoms with Crippen LogP contribution in [0.5, 0.6) is 0 Å².